The van der Waals surface area contributed by atoms with E-state index < -0.39 is 52.4 Å². The van der Waals surface area contributed by atoms with Gasteiger partial charge < -0.3 is 18.6 Å². The lowest BCUT2D eigenvalue weighted by molar-refractivity contribution is -0.154. The summed E-state index contributed by atoms with van der Waals surface area (Å²) >= 11 is 0. The largest absolute Gasteiger partial charge is 0.453 e. The average molecular weight is 519 g/mol. The maximum Gasteiger partial charge on any atom is 0.453 e. The van der Waals surface area contributed by atoms with Crippen molar-refractivity contribution < 1.29 is 41.4 Å². The third-order valence-corrected chi connectivity index (χ3v) is 5.41. The molecule has 0 spiro atoms. The number of benzene rings is 2. The summed E-state index contributed by atoms with van der Waals surface area (Å²) in [5.74, 6) is -3.54. The summed E-state index contributed by atoms with van der Waals surface area (Å²) in [6.45, 7) is 5.38. The second-order valence-corrected chi connectivity index (χ2v) is 9.41. The number of nitrogens with zero attached hydrogens (tertiary/aromatic N) is 1. The van der Waals surface area contributed by atoms with E-state index >= 15 is 0 Å². The van der Waals surface area contributed by atoms with E-state index in [9.17, 15) is 27.6 Å². The maximum absolute atomic E-state index is 13.8. The van der Waals surface area contributed by atoms with Crippen LogP contribution in [-0.2, 0) is 15.7 Å². The smallest absolute Gasteiger partial charge is 0.449 e. The number of para-hydroxylation sites is 1. The lowest BCUT2D eigenvalue weighted by atomic mass is 10.2. The van der Waals surface area contributed by atoms with Gasteiger partial charge in [-0.1, -0.05) is 18.2 Å². The van der Waals surface area contributed by atoms with Gasteiger partial charge in [0.1, 0.15) is 28.7 Å². The Morgan fingerprint density at radius 2 is 1.73 bits per heavy atom. The number of alkyl halides is 3. The van der Waals surface area contributed by atoms with Gasteiger partial charge in [-0.05, 0) is 57.9 Å². The summed E-state index contributed by atoms with van der Waals surface area (Å²) in [6.07, 6.45) is -4.83. The molecule has 0 unspecified atom stereocenters. The van der Waals surface area contributed by atoms with Crippen LogP contribution in [0.4, 0.5) is 18.0 Å². The molecule has 196 valence electrons. The molecule has 1 amide bonds. The van der Waals surface area contributed by atoms with Crippen LogP contribution in [-0.4, -0.2) is 35.2 Å². The summed E-state index contributed by atoms with van der Waals surface area (Å²) in [4.78, 5) is 39.5. The van der Waals surface area contributed by atoms with Crippen LogP contribution in [0.5, 0.6) is 17.2 Å². The first kappa shape index (κ1) is 26.1. The molecule has 1 aliphatic rings. The van der Waals surface area contributed by atoms with Crippen LogP contribution in [0.25, 0.3) is 11.0 Å². The number of ether oxygens (including phenoxy) is 3. The third kappa shape index (κ3) is 5.87. The molecule has 8 nitrogen and oxygen atoms in total. The lowest BCUT2D eigenvalue weighted by Crippen LogP contribution is -2.44. The summed E-state index contributed by atoms with van der Waals surface area (Å²) in [5.41, 5.74) is -2.25. The van der Waals surface area contributed by atoms with Crippen LogP contribution in [0, 0.1) is 0 Å². The molecule has 0 radical (unpaired) electrons. The Balaban J connectivity index is 1.63. The molecular weight excluding hydrogens is 495 g/mol. The van der Waals surface area contributed by atoms with E-state index in [0.717, 1.165) is 6.07 Å². The van der Waals surface area contributed by atoms with Crippen molar-refractivity contribution >= 4 is 23.0 Å². The van der Waals surface area contributed by atoms with Gasteiger partial charge in [-0.3, -0.25) is 9.69 Å². The number of esters is 1. The summed E-state index contributed by atoms with van der Waals surface area (Å²) in [6, 6.07) is 10.0. The summed E-state index contributed by atoms with van der Waals surface area (Å²) < 4.78 is 62.3. The highest BCUT2D eigenvalue weighted by atomic mass is 19.4. The van der Waals surface area contributed by atoms with Crippen molar-refractivity contribution in [1.82, 2.24) is 4.90 Å². The molecule has 4 rings (SSSR count). The molecule has 0 bridgehead atoms. The average Bonchev–Trinajstić information content (AvgIpc) is 3.30. The van der Waals surface area contributed by atoms with E-state index in [1.807, 2.05) is 0 Å². The number of hydrogen-bond acceptors (Lipinski definition) is 7. The SMILES string of the molecule is CC(C)(C)OC(=O)N1CCC[C@@H]1C(=O)Oc1ccc2c(=O)c(Oc3ccccc3)c(C(F)(F)F)oc2c1. The first-order valence-corrected chi connectivity index (χ1v) is 11.5. The minimum atomic E-state index is -5.04. The molecule has 3 aromatic rings. The molecule has 1 atom stereocenters. The van der Waals surface area contributed by atoms with Crippen molar-refractivity contribution in [3.05, 3.63) is 64.5 Å². The molecule has 1 aromatic heterocycles. The van der Waals surface area contributed by atoms with Gasteiger partial charge in [-0.15, -0.1) is 0 Å². The van der Waals surface area contributed by atoms with E-state index in [4.69, 9.17) is 18.6 Å². The van der Waals surface area contributed by atoms with Gasteiger partial charge in [-0.2, -0.15) is 13.2 Å². The van der Waals surface area contributed by atoms with Crippen molar-refractivity contribution in [3.63, 3.8) is 0 Å². The number of carbonyl (C=O) groups is 2. The molecule has 0 N–H and O–H groups in total. The quantitative estimate of drug-likeness (QED) is 0.312. The number of likely N-dealkylation sites (tertiary alicyclic amines) is 1. The van der Waals surface area contributed by atoms with Crippen LogP contribution >= 0.6 is 0 Å². The predicted molar refractivity (Wildman–Crippen MR) is 126 cm³/mol. The highest BCUT2D eigenvalue weighted by Crippen LogP contribution is 2.38. The van der Waals surface area contributed by atoms with Gasteiger partial charge in [0.15, 0.2) is 0 Å². The molecule has 1 aliphatic heterocycles. The Morgan fingerprint density at radius 1 is 1.03 bits per heavy atom. The first-order valence-electron chi connectivity index (χ1n) is 11.5. The fourth-order valence-corrected chi connectivity index (χ4v) is 3.84. The van der Waals surface area contributed by atoms with Crippen molar-refractivity contribution in [2.45, 2.75) is 51.4 Å². The molecule has 1 saturated heterocycles. The molecule has 1 fully saturated rings. The monoisotopic (exact) mass is 519 g/mol. The highest BCUT2D eigenvalue weighted by Gasteiger charge is 2.41. The van der Waals surface area contributed by atoms with E-state index in [0.29, 0.717) is 19.4 Å². The van der Waals surface area contributed by atoms with Gasteiger partial charge in [-0.25, -0.2) is 9.59 Å². The normalized spacial score (nSPS) is 16.1. The van der Waals surface area contributed by atoms with E-state index in [-0.39, 0.29) is 16.9 Å². The van der Waals surface area contributed by atoms with Crippen LogP contribution in [0.15, 0.2) is 57.7 Å². The van der Waals surface area contributed by atoms with Crippen molar-refractivity contribution in [2.24, 2.45) is 0 Å². The lowest BCUT2D eigenvalue weighted by Gasteiger charge is -2.27. The van der Waals surface area contributed by atoms with E-state index in [2.05, 4.69) is 0 Å². The van der Waals surface area contributed by atoms with Crippen LogP contribution in [0.3, 0.4) is 0 Å². The zero-order chi connectivity index (χ0) is 27.0. The van der Waals surface area contributed by atoms with Crippen LogP contribution in [0.1, 0.15) is 39.4 Å². The van der Waals surface area contributed by atoms with Gasteiger partial charge in [0, 0.05) is 12.6 Å². The van der Waals surface area contributed by atoms with E-state index in [1.54, 1.807) is 39.0 Å². The first-order chi connectivity index (χ1) is 17.3. The molecule has 2 aromatic carbocycles. The molecule has 37 heavy (non-hydrogen) atoms. The molecule has 2 heterocycles. The van der Waals surface area contributed by atoms with E-state index in [1.165, 1.54) is 29.2 Å². The third-order valence-electron chi connectivity index (χ3n) is 5.41. The standard InChI is InChI=1S/C26H24F3NO7/c1-25(2,3)37-24(33)30-13-7-10-18(30)23(32)35-16-11-12-17-19(14-16)36-22(26(27,28)29)21(20(17)31)34-15-8-5-4-6-9-15/h4-6,8-9,11-12,14,18H,7,10,13H2,1-3H3/t18-/m1/s1. The Morgan fingerprint density at radius 3 is 2.38 bits per heavy atom. The summed E-state index contributed by atoms with van der Waals surface area (Å²) in [5, 5.41) is -0.199. The predicted octanol–water partition coefficient (Wildman–Crippen LogP) is 5.91. The van der Waals surface area contributed by atoms with Crippen molar-refractivity contribution in [1.29, 1.82) is 0 Å². The number of carbonyl (C=O) groups excluding carboxylic acids is 2. The Hall–Kier alpha value is -4.02. The van der Waals surface area contributed by atoms with Crippen molar-refractivity contribution in [3.8, 4) is 17.2 Å². The fraction of sp³-hybridized carbons (Fsp3) is 0.346. The van der Waals surface area contributed by atoms with Crippen LogP contribution < -0.4 is 14.9 Å². The zero-order valence-corrected chi connectivity index (χ0v) is 20.3. The summed E-state index contributed by atoms with van der Waals surface area (Å²) in [7, 11) is 0. The number of amides is 1. The van der Waals surface area contributed by atoms with Crippen molar-refractivity contribution in [2.75, 3.05) is 6.54 Å². The number of halogens is 3. The Kier molecular flexibility index (Phi) is 6.90. The Labute approximate surface area is 209 Å². The second kappa shape index (κ2) is 9.79. The minimum Gasteiger partial charge on any atom is -0.449 e. The van der Waals surface area contributed by atoms with Gasteiger partial charge >= 0.3 is 18.2 Å². The molecule has 0 aliphatic carbocycles. The highest BCUT2D eigenvalue weighted by molar-refractivity contribution is 5.85. The number of hydrogen-bond donors (Lipinski definition) is 0. The topological polar surface area (TPSA) is 95.3 Å². The maximum atomic E-state index is 13.8. The molecule has 0 saturated carbocycles. The van der Waals surface area contributed by atoms with Crippen LogP contribution in [0.2, 0.25) is 0 Å². The second-order valence-electron chi connectivity index (χ2n) is 9.41. The van der Waals surface area contributed by atoms with Gasteiger partial charge in [0.25, 0.3) is 5.76 Å². The minimum absolute atomic E-state index is 0.0244. The van der Waals surface area contributed by atoms with Gasteiger partial charge in [0.05, 0.1) is 5.39 Å². The number of rotatable bonds is 4. The van der Waals surface area contributed by atoms with Gasteiger partial charge in [0.2, 0.25) is 11.2 Å². The fourth-order valence-electron chi connectivity index (χ4n) is 3.84. The molecule has 11 heteroatoms. The number of fused-ring (bicyclic) bond motifs is 1. The molecular formula is C26H24F3NO7. The zero-order valence-electron chi connectivity index (χ0n) is 20.3. The Bertz CT molecular complexity index is 1380.